The number of nitrogens with two attached hydrogens (primary N) is 1. The Balaban J connectivity index is 2.36. The Morgan fingerprint density at radius 2 is 1.89 bits per heavy atom. The predicted octanol–water partition coefficient (Wildman–Crippen LogP) is 0.675. The number of sulfonamides is 1. The minimum absolute atomic E-state index is 0.257. The lowest BCUT2D eigenvalue weighted by molar-refractivity contribution is 0.565. The van der Waals surface area contributed by atoms with Gasteiger partial charge in [0.05, 0.1) is 0 Å². The molecule has 19 heavy (non-hydrogen) atoms. The average Bonchev–Trinajstić information content (AvgIpc) is 2.74. The third-order valence-electron chi connectivity index (χ3n) is 2.64. The number of hydrogen-bond acceptors (Lipinski definition) is 4. The SMILES string of the molecule is CCn1c(Cc2ccc(F)cc2)nnc1S(N)(=O)=O. The van der Waals surface area contributed by atoms with E-state index in [9.17, 15) is 12.8 Å². The summed E-state index contributed by atoms with van der Waals surface area (Å²) < 4.78 is 36.9. The Morgan fingerprint density at radius 3 is 2.42 bits per heavy atom. The number of nitrogens with zero attached hydrogens (tertiary/aromatic N) is 3. The predicted molar refractivity (Wildman–Crippen MR) is 66.3 cm³/mol. The molecule has 0 amide bonds. The van der Waals surface area contributed by atoms with Crippen molar-refractivity contribution >= 4 is 10.0 Å². The molecule has 0 aliphatic rings. The van der Waals surface area contributed by atoms with Crippen LogP contribution in [0.1, 0.15) is 18.3 Å². The fraction of sp³-hybridized carbons (Fsp3) is 0.273. The summed E-state index contributed by atoms with van der Waals surface area (Å²) in [5.74, 6) is 0.143. The summed E-state index contributed by atoms with van der Waals surface area (Å²) in [5.41, 5.74) is 0.810. The Hall–Kier alpha value is -1.80. The molecule has 0 fully saturated rings. The van der Waals surface area contributed by atoms with Gasteiger partial charge in [-0.2, -0.15) is 0 Å². The molecule has 1 aromatic heterocycles. The second kappa shape index (κ2) is 5.06. The third kappa shape index (κ3) is 2.96. The average molecular weight is 284 g/mol. The summed E-state index contributed by atoms with van der Waals surface area (Å²) in [4.78, 5) is 0. The monoisotopic (exact) mass is 284 g/mol. The van der Waals surface area contributed by atoms with E-state index in [0.717, 1.165) is 5.56 Å². The number of aromatic nitrogens is 3. The normalized spacial score (nSPS) is 11.7. The molecule has 1 heterocycles. The van der Waals surface area contributed by atoms with Crippen molar-refractivity contribution in [2.24, 2.45) is 5.14 Å². The molecular weight excluding hydrogens is 271 g/mol. The Bertz CT molecular complexity index is 679. The summed E-state index contributed by atoms with van der Waals surface area (Å²) >= 11 is 0. The molecule has 0 bridgehead atoms. The molecule has 8 heteroatoms. The smallest absolute Gasteiger partial charge is 0.273 e. The molecule has 0 aliphatic heterocycles. The molecule has 2 aromatic rings. The lowest BCUT2D eigenvalue weighted by Gasteiger charge is -2.06. The fourth-order valence-electron chi connectivity index (χ4n) is 1.76. The second-order valence-electron chi connectivity index (χ2n) is 3.99. The van der Waals surface area contributed by atoms with Crippen LogP contribution in [0.15, 0.2) is 29.4 Å². The van der Waals surface area contributed by atoms with Crippen LogP contribution in [0.3, 0.4) is 0 Å². The van der Waals surface area contributed by atoms with Gasteiger partial charge in [0.2, 0.25) is 0 Å². The molecule has 2 rings (SSSR count). The topological polar surface area (TPSA) is 90.9 Å². The number of hydrogen-bond donors (Lipinski definition) is 1. The molecule has 0 aliphatic carbocycles. The number of benzene rings is 1. The number of rotatable bonds is 4. The molecule has 0 atom stereocenters. The molecule has 102 valence electrons. The van der Waals surface area contributed by atoms with Gasteiger partial charge < -0.3 is 4.57 Å². The summed E-state index contributed by atoms with van der Waals surface area (Å²) in [7, 11) is -3.89. The highest BCUT2D eigenvalue weighted by atomic mass is 32.2. The molecule has 0 unspecified atom stereocenters. The van der Waals surface area contributed by atoms with E-state index in [1.54, 1.807) is 19.1 Å². The van der Waals surface area contributed by atoms with E-state index in [4.69, 9.17) is 5.14 Å². The lowest BCUT2D eigenvalue weighted by Crippen LogP contribution is -2.19. The fourth-order valence-corrected chi connectivity index (χ4v) is 2.46. The van der Waals surface area contributed by atoms with Crippen molar-refractivity contribution < 1.29 is 12.8 Å². The van der Waals surface area contributed by atoms with Crippen LogP contribution in [-0.2, 0) is 23.0 Å². The van der Waals surface area contributed by atoms with E-state index < -0.39 is 10.0 Å². The zero-order chi connectivity index (χ0) is 14.0. The molecule has 0 saturated heterocycles. The minimum atomic E-state index is -3.89. The van der Waals surface area contributed by atoms with Crippen molar-refractivity contribution in [2.75, 3.05) is 0 Å². The quantitative estimate of drug-likeness (QED) is 0.893. The van der Waals surface area contributed by atoms with Crippen LogP contribution in [0.5, 0.6) is 0 Å². The van der Waals surface area contributed by atoms with Crippen LogP contribution in [-0.4, -0.2) is 23.2 Å². The largest absolute Gasteiger partial charge is 0.301 e. The first-order valence-corrected chi connectivity index (χ1v) is 7.15. The van der Waals surface area contributed by atoms with Crippen LogP contribution >= 0.6 is 0 Å². The van der Waals surface area contributed by atoms with Gasteiger partial charge in [-0.25, -0.2) is 17.9 Å². The van der Waals surface area contributed by atoms with Gasteiger partial charge in [0.25, 0.3) is 15.2 Å². The van der Waals surface area contributed by atoms with E-state index in [-0.39, 0.29) is 11.0 Å². The van der Waals surface area contributed by atoms with Crippen molar-refractivity contribution in [3.05, 3.63) is 41.5 Å². The molecule has 6 nitrogen and oxygen atoms in total. The van der Waals surface area contributed by atoms with Crippen molar-refractivity contribution in [1.29, 1.82) is 0 Å². The molecule has 0 radical (unpaired) electrons. The van der Waals surface area contributed by atoms with Crippen LogP contribution in [0, 0.1) is 5.82 Å². The van der Waals surface area contributed by atoms with Crippen molar-refractivity contribution in [3.63, 3.8) is 0 Å². The van der Waals surface area contributed by atoms with E-state index in [2.05, 4.69) is 10.2 Å². The van der Waals surface area contributed by atoms with Gasteiger partial charge in [0.1, 0.15) is 11.6 Å². The zero-order valence-corrected chi connectivity index (χ0v) is 11.1. The van der Waals surface area contributed by atoms with Crippen LogP contribution in [0.4, 0.5) is 4.39 Å². The first kappa shape index (κ1) is 13.6. The van der Waals surface area contributed by atoms with Gasteiger partial charge in [-0.15, -0.1) is 10.2 Å². The molecule has 0 saturated carbocycles. The number of primary sulfonamides is 1. The van der Waals surface area contributed by atoms with E-state index in [0.29, 0.717) is 18.8 Å². The van der Waals surface area contributed by atoms with Gasteiger partial charge in [-0.1, -0.05) is 12.1 Å². The zero-order valence-electron chi connectivity index (χ0n) is 10.2. The first-order valence-electron chi connectivity index (χ1n) is 5.61. The number of halogens is 1. The Morgan fingerprint density at radius 1 is 1.26 bits per heavy atom. The maximum atomic E-state index is 12.8. The van der Waals surface area contributed by atoms with Gasteiger partial charge >= 0.3 is 0 Å². The van der Waals surface area contributed by atoms with Gasteiger partial charge in [0.15, 0.2) is 0 Å². The van der Waals surface area contributed by atoms with Crippen molar-refractivity contribution in [3.8, 4) is 0 Å². The highest BCUT2D eigenvalue weighted by Gasteiger charge is 2.20. The highest BCUT2D eigenvalue weighted by molar-refractivity contribution is 7.89. The van der Waals surface area contributed by atoms with Crippen LogP contribution < -0.4 is 5.14 Å². The van der Waals surface area contributed by atoms with E-state index in [1.165, 1.54) is 16.7 Å². The molecular formula is C11H13FN4O2S. The van der Waals surface area contributed by atoms with E-state index >= 15 is 0 Å². The van der Waals surface area contributed by atoms with Crippen LogP contribution in [0.2, 0.25) is 0 Å². The first-order chi connectivity index (χ1) is 8.91. The maximum absolute atomic E-state index is 12.8. The van der Waals surface area contributed by atoms with Crippen LogP contribution in [0.25, 0.3) is 0 Å². The standard InChI is InChI=1S/C11H13FN4O2S/c1-2-16-10(14-15-11(16)19(13,17)18)7-8-3-5-9(12)6-4-8/h3-6H,2,7H2,1H3,(H2,13,17,18). The lowest BCUT2D eigenvalue weighted by atomic mass is 10.1. The van der Waals surface area contributed by atoms with Crippen molar-refractivity contribution in [2.45, 2.75) is 25.0 Å². The Labute approximate surface area is 110 Å². The second-order valence-corrected chi connectivity index (χ2v) is 5.45. The van der Waals surface area contributed by atoms with Gasteiger partial charge in [-0.3, -0.25) is 0 Å². The van der Waals surface area contributed by atoms with E-state index in [1.807, 2.05) is 0 Å². The summed E-state index contributed by atoms with van der Waals surface area (Å²) in [5, 5.41) is 12.2. The summed E-state index contributed by atoms with van der Waals surface area (Å²) in [6.07, 6.45) is 0.358. The third-order valence-corrected chi connectivity index (χ3v) is 3.45. The van der Waals surface area contributed by atoms with Gasteiger partial charge in [-0.05, 0) is 24.6 Å². The minimum Gasteiger partial charge on any atom is -0.301 e. The molecule has 0 spiro atoms. The molecule has 2 N–H and O–H groups in total. The van der Waals surface area contributed by atoms with Crippen molar-refractivity contribution in [1.82, 2.24) is 14.8 Å². The molecule has 1 aromatic carbocycles. The highest BCUT2D eigenvalue weighted by Crippen LogP contribution is 2.12. The summed E-state index contributed by atoms with van der Waals surface area (Å²) in [6.45, 7) is 2.15. The Kier molecular flexibility index (Phi) is 3.63. The summed E-state index contributed by atoms with van der Waals surface area (Å²) in [6, 6.07) is 5.90. The maximum Gasteiger partial charge on any atom is 0.273 e. The van der Waals surface area contributed by atoms with Gasteiger partial charge in [0, 0.05) is 13.0 Å².